The number of H-pyrrole nitrogens is 1. The molecule has 0 aliphatic carbocycles. The second-order valence-corrected chi connectivity index (χ2v) is 4.57. The number of fused-ring (bicyclic) bond motifs is 1. The summed E-state index contributed by atoms with van der Waals surface area (Å²) in [5.41, 5.74) is 3.04. The number of hydrogen-bond donors (Lipinski definition) is 3. The van der Waals surface area contributed by atoms with Crippen LogP contribution in [0, 0.1) is 5.82 Å². The van der Waals surface area contributed by atoms with Gasteiger partial charge in [0.15, 0.2) is 0 Å². The van der Waals surface area contributed by atoms with Crippen molar-refractivity contribution >= 4 is 34.4 Å². The molecule has 0 aliphatic heterocycles. The molecule has 3 rings (SSSR count). The Morgan fingerprint density at radius 2 is 1.91 bits per heavy atom. The van der Waals surface area contributed by atoms with Crippen LogP contribution in [-0.2, 0) is 4.74 Å². The topological polar surface area (TPSA) is 79.0 Å². The van der Waals surface area contributed by atoms with Gasteiger partial charge < -0.3 is 15.0 Å². The molecule has 2 aromatic carbocycles. The molecule has 0 unspecified atom stereocenters. The van der Waals surface area contributed by atoms with Gasteiger partial charge in [0.05, 0.1) is 18.1 Å². The van der Waals surface area contributed by atoms with Crippen molar-refractivity contribution in [2.45, 2.75) is 0 Å². The zero-order chi connectivity index (χ0) is 15.5. The highest BCUT2D eigenvalue weighted by Gasteiger charge is 2.07. The number of benzene rings is 2. The fourth-order valence-corrected chi connectivity index (χ4v) is 1.99. The summed E-state index contributed by atoms with van der Waals surface area (Å²) in [4.78, 5) is 18.3. The van der Waals surface area contributed by atoms with Gasteiger partial charge in [0.1, 0.15) is 5.82 Å². The van der Waals surface area contributed by atoms with E-state index in [1.807, 2.05) is 12.1 Å². The SMILES string of the molecule is COC(=O)Nc1nc2ccc(Nc3ccc(F)cc3)cc2[nH]1. The maximum absolute atomic E-state index is 12.9. The lowest BCUT2D eigenvalue weighted by atomic mass is 10.2. The zero-order valence-electron chi connectivity index (χ0n) is 11.7. The summed E-state index contributed by atoms with van der Waals surface area (Å²) >= 11 is 0. The van der Waals surface area contributed by atoms with E-state index in [0.29, 0.717) is 11.5 Å². The minimum Gasteiger partial charge on any atom is -0.453 e. The van der Waals surface area contributed by atoms with Gasteiger partial charge in [0, 0.05) is 11.4 Å². The molecule has 1 heterocycles. The molecule has 0 fully saturated rings. The molecule has 0 bridgehead atoms. The van der Waals surface area contributed by atoms with Crippen LogP contribution in [0.1, 0.15) is 0 Å². The first-order chi connectivity index (χ1) is 10.6. The van der Waals surface area contributed by atoms with Crippen molar-refractivity contribution in [2.75, 3.05) is 17.7 Å². The highest BCUT2D eigenvalue weighted by Crippen LogP contribution is 2.22. The Hall–Kier alpha value is -3.09. The van der Waals surface area contributed by atoms with Gasteiger partial charge in [-0.2, -0.15) is 0 Å². The maximum atomic E-state index is 12.9. The first kappa shape index (κ1) is 13.9. The van der Waals surface area contributed by atoms with Crippen LogP contribution in [0.2, 0.25) is 0 Å². The van der Waals surface area contributed by atoms with Crippen molar-refractivity contribution in [1.29, 1.82) is 0 Å². The number of aromatic amines is 1. The van der Waals surface area contributed by atoms with Crippen molar-refractivity contribution in [3.8, 4) is 0 Å². The van der Waals surface area contributed by atoms with Crippen molar-refractivity contribution < 1.29 is 13.9 Å². The van der Waals surface area contributed by atoms with Gasteiger partial charge in [-0.25, -0.2) is 14.2 Å². The summed E-state index contributed by atoms with van der Waals surface area (Å²) in [7, 11) is 1.28. The molecule has 0 spiro atoms. The van der Waals surface area contributed by atoms with Crippen LogP contribution in [0.4, 0.5) is 26.5 Å². The molecule has 0 aliphatic rings. The van der Waals surface area contributed by atoms with Crippen LogP contribution in [0.3, 0.4) is 0 Å². The van der Waals surface area contributed by atoms with E-state index in [1.165, 1.54) is 19.2 Å². The number of halogens is 1. The minimum atomic E-state index is -0.594. The summed E-state index contributed by atoms with van der Waals surface area (Å²) in [6, 6.07) is 11.6. The number of hydrogen-bond acceptors (Lipinski definition) is 4. The number of methoxy groups -OCH3 is 1. The molecule has 0 saturated carbocycles. The normalized spacial score (nSPS) is 10.5. The Bertz CT molecular complexity index is 814. The second kappa shape index (κ2) is 5.72. The molecule has 7 heteroatoms. The first-order valence-corrected chi connectivity index (χ1v) is 6.51. The van der Waals surface area contributed by atoms with E-state index in [-0.39, 0.29) is 5.82 Å². The highest BCUT2D eigenvalue weighted by atomic mass is 19.1. The van der Waals surface area contributed by atoms with Gasteiger partial charge in [0.2, 0.25) is 5.95 Å². The molecule has 1 aromatic heterocycles. The highest BCUT2D eigenvalue weighted by molar-refractivity contribution is 5.87. The fraction of sp³-hybridized carbons (Fsp3) is 0.0667. The third-order valence-corrected chi connectivity index (χ3v) is 3.02. The van der Waals surface area contributed by atoms with Crippen LogP contribution < -0.4 is 10.6 Å². The number of aromatic nitrogens is 2. The number of carbonyl (C=O) groups excluding carboxylic acids is 1. The number of ether oxygens (including phenoxy) is 1. The van der Waals surface area contributed by atoms with Gasteiger partial charge in [-0.1, -0.05) is 0 Å². The van der Waals surface area contributed by atoms with Gasteiger partial charge in [-0.15, -0.1) is 0 Å². The van der Waals surface area contributed by atoms with Crippen LogP contribution in [0.15, 0.2) is 42.5 Å². The third-order valence-electron chi connectivity index (χ3n) is 3.02. The van der Waals surface area contributed by atoms with E-state index in [2.05, 4.69) is 25.3 Å². The Morgan fingerprint density at radius 3 is 2.64 bits per heavy atom. The lowest BCUT2D eigenvalue weighted by molar-refractivity contribution is 0.186. The van der Waals surface area contributed by atoms with Crippen LogP contribution in [0.25, 0.3) is 11.0 Å². The second-order valence-electron chi connectivity index (χ2n) is 4.57. The molecule has 3 aromatic rings. The van der Waals surface area contributed by atoms with Crippen molar-refractivity contribution in [3.05, 3.63) is 48.3 Å². The number of anilines is 3. The van der Waals surface area contributed by atoms with E-state index < -0.39 is 6.09 Å². The van der Waals surface area contributed by atoms with E-state index in [0.717, 1.165) is 16.9 Å². The van der Waals surface area contributed by atoms with Crippen LogP contribution in [0.5, 0.6) is 0 Å². The predicted octanol–water partition coefficient (Wildman–Crippen LogP) is 3.62. The van der Waals surface area contributed by atoms with Gasteiger partial charge in [-0.3, -0.25) is 5.32 Å². The molecule has 6 nitrogen and oxygen atoms in total. The number of nitrogens with one attached hydrogen (secondary N) is 3. The molecule has 0 saturated heterocycles. The van der Waals surface area contributed by atoms with E-state index >= 15 is 0 Å². The van der Waals surface area contributed by atoms with Gasteiger partial charge >= 0.3 is 6.09 Å². The molecule has 112 valence electrons. The van der Waals surface area contributed by atoms with Crippen LogP contribution in [-0.4, -0.2) is 23.2 Å². The maximum Gasteiger partial charge on any atom is 0.413 e. The zero-order valence-corrected chi connectivity index (χ0v) is 11.7. The average Bonchev–Trinajstić information content (AvgIpc) is 2.91. The summed E-state index contributed by atoms with van der Waals surface area (Å²) in [6.45, 7) is 0. The summed E-state index contributed by atoms with van der Waals surface area (Å²) in [5, 5.41) is 5.62. The number of nitrogens with zero attached hydrogens (tertiary/aromatic N) is 1. The monoisotopic (exact) mass is 300 g/mol. The van der Waals surface area contributed by atoms with E-state index in [4.69, 9.17) is 0 Å². The lowest BCUT2D eigenvalue weighted by Crippen LogP contribution is -2.11. The average molecular weight is 300 g/mol. The van der Waals surface area contributed by atoms with Crippen molar-refractivity contribution in [1.82, 2.24) is 9.97 Å². The van der Waals surface area contributed by atoms with Gasteiger partial charge in [0.25, 0.3) is 0 Å². The van der Waals surface area contributed by atoms with E-state index in [9.17, 15) is 9.18 Å². The number of carbonyl (C=O) groups is 1. The Balaban J connectivity index is 1.83. The lowest BCUT2D eigenvalue weighted by Gasteiger charge is -2.05. The molecule has 3 N–H and O–H groups in total. The Kier molecular flexibility index (Phi) is 3.61. The first-order valence-electron chi connectivity index (χ1n) is 6.51. The standard InChI is InChI=1S/C15H13FN4O2/c1-22-15(21)20-14-18-12-7-6-11(8-13(12)19-14)17-10-4-2-9(16)3-5-10/h2-8,17H,1H3,(H2,18,19,20,21). The molecule has 0 atom stereocenters. The number of rotatable bonds is 3. The Morgan fingerprint density at radius 1 is 1.18 bits per heavy atom. The molecular weight excluding hydrogens is 287 g/mol. The molecule has 1 amide bonds. The van der Waals surface area contributed by atoms with Gasteiger partial charge in [-0.05, 0) is 42.5 Å². The number of imidazole rings is 1. The van der Waals surface area contributed by atoms with Crippen LogP contribution >= 0.6 is 0 Å². The summed E-state index contributed by atoms with van der Waals surface area (Å²) < 4.78 is 17.4. The largest absolute Gasteiger partial charge is 0.453 e. The molecule has 0 radical (unpaired) electrons. The minimum absolute atomic E-state index is 0.284. The smallest absolute Gasteiger partial charge is 0.413 e. The van der Waals surface area contributed by atoms with Crippen molar-refractivity contribution in [2.24, 2.45) is 0 Å². The van der Waals surface area contributed by atoms with Crippen molar-refractivity contribution in [3.63, 3.8) is 0 Å². The molecular formula is C15H13FN4O2. The third kappa shape index (κ3) is 2.98. The quantitative estimate of drug-likeness (QED) is 0.690. The fourth-order valence-electron chi connectivity index (χ4n) is 1.99. The number of amides is 1. The Labute approximate surface area is 125 Å². The summed E-state index contributed by atoms with van der Waals surface area (Å²) in [5.74, 6) is 0.0221. The summed E-state index contributed by atoms with van der Waals surface area (Å²) in [6.07, 6.45) is -0.594. The predicted molar refractivity (Wildman–Crippen MR) is 81.8 cm³/mol. The van der Waals surface area contributed by atoms with E-state index in [1.54, 1.807) is 18.2 Å². The molecule has 22 heavy (non-hydrogen) atoms.